The van der Waals surface area contributed by atoms with E-state index in [9.17, 15) is 0 Å². The van der Waals surface area contributed by atoms with Crippen LogP contribution in [-0.2, 0) is 0 Å². The lowest BCUT2D eigenvalue weighted by Crippen LogP contribution is -2.00. The standard InChI is InChI=1S/C57H35N5S/c1-3-12-36(13-4-1)40-31-50(37-14-5-2-6-15-37)60-57(33-40)62-52-21-10-7-16-42(52)44-25-22-39(32-54(44)62)49-19-11-18-48(59-49)38-23-26-53-45(30-38)43-17-8-9-20-51(43)61(53)41-24-27-55-46(34-41)47-35-58-29-28-56(47)63-55/h1-35H. The van der Waals surface area contributed by atoms with Gasteiger partial charge in [-0.15, -0.1) is 11.3 Å². The minimum absolute atomic E-state index is 0.869. The summed E-state index contributed by atoms with van der Waals surface area (Å²) in [6.07, 6.45) is 3.86. The van der Waals surface area contributed by atoms with Crippen LogP contribution in [0.2, 0.25) is 0 Å². The molecular weight excluding hydrogens is 787 g/mol. The Morgan fingerprint density at radius 3 is 1.79 bits per heavy atom. The molecule has 0 saturated heterocycles. The van der Waals surface area contributed by atoms with Crippen LogP contribution >= 0.6 is 11.3 Å². The van der Waals surface area contributed by atoms with Crippen molar-refractivity contribution in [2.24, 2.45) is 0 Å². The molecule has 0 aliphatic heterocycles. The Hall–Kier alpha value is -8.19. The van der Waals surface area contributed by atoms with Crippen LogP contribution in [0.3, 0.4) is 0 Å². The van der Waals surface area contributed by atoms with Crippen LogP contribution in [0.25, 0.3) is 120 Å². The van der Waals surface area contributed by atoms with E-state index in [4.69, 9.17) is 9.97 Å². The van der Waals surface area contributed by atoms with Gasteiger partial charge in [0.15, 0.2) is 0 Å². The van der Waals surface area contributed by atoms with Crippen LogP contribution in [0.15, 0.2) is 213 Å². The Balaban J connectivity index is 0.942. The lowest BCUT2D eigenvalue weighted by Gasteiger charge is -2.13. The van der Waals surface area contributed by atoms with Gasteiger partial charge in [-0.25, -0.2) is 9.97 Å². The van der Waals surface area contributed by atoms with Gasteiger partial charge in [-0.05, 0) is 90.0 Å². The van der Waals surface area contributed by atoms with E-state index < -0.39 is 0 Å². The fraction of sp³-hybridized carbons (Fsp3) is 0. The number of thiophene rings is 1. The van der Waals surface area contributed by atoms with Crippen LogP contribution < -0.4 is 0 Å². The van der Waals surface area contributed by atoms with E-state index in [1.54, 1.807) is 0 Å². The van der Waals surface area contributed by atoms with Gasteiger partial charge in [-0.3, -0.25) is 9.55 Å². The summed E-state index contributed by atoms with van der Waals surface area (Å²) in [7, 11) is 0. The molecule has 6 heteroatoms. The summed E-state index contributed by atoms with van der Waals surface area (Å²) in [5.41, 5.74) is 13.9. The van der Waals surface area contributed by atoms with Crippen molar-refractivity contribution in [1.82, 2.24) is 24.1 Å². The minimum Gasteiger partial charge on any atom is -0.309 e. The van der Waals surface area contributed by atoms with Crippen molar-refractivity contribution in [2.45, 2.75) is 0 Å². The summed E-state index contributed by atoms with van der Waals surface area (Å²) >= 11 is 1.81. The van der Waals surface area contributed by atoms with Gasteiger partial charge in [-0.1, -0.05) is 121 Å². The number of hydrogen-bond acceptors (Lipinski definition) is 4. The van der Waals surface area contributed by atoms with E-state index in [-0.39, 0.29) is 0 Å². The fourth-order valence-corrected chi connectivity index (χ4v) is 10.5. The molecule has 0 bridgehead atoms. The van der Waals surface area contributed by atoms with Crippen LogP contribution in [-0.4, -0.2) is 24.1 Å². The van der Waals surface area contributed by atoms with Gasteiger partial charge < -0.3 is 4.57 Å². The van der Waals surface area contributed by atoms with Crippen molar-refractivity contribution in [1.29, 1.82) is 0 Å². The first kappa shape index (κ1) is 35.6. The van der Waals surface area contributed by atoms with E-state index >= 15 is 0 Å². The Kier molecular flexibility index (Phi) is 8.01. The number of benzene rings is 7. The molecule has 0 fully saturated rings. The number of nitrogens with zero attached hydrogens (tertiary/aromatic N) is 5. The summed E-state index contributed by atoms with van der Waals surface area (Å²) in [5.74, 6) is 0.869. The first-order valence-electron chi connectivity index (χ1n) is 21.2. The zero-order chi connectivity index (χ0) is 41.4. The molecule has 0 unspecified atom stereocenters. The molecular formula is C57H35N5S. The summed E-state index contributed by atoms with van der Waals surface area (Å²) < 4.78 is 7.22. The van der Waals surface area contributed by atoms with Crippen molar-refractivity contribution in [3.63, 3.8) is 0 Å². The molecule has 294 valence electrons. The highest BCUT2D eigenvalue weighted by Gasteiger charge is 2.19. The third-order valence-corrected chi connectivity index (χ3v) is 13.6. The molecule has 13 rings (SSSR count). The highest BCUT2D eigenvalue weighted by atomic mass is 32.1. The molecule has 63 heavy (non-hydrogen) atoms. The number of pyridine rings is 3. The quantitative estimate of drug-likeness (QED) is 0.168. The number of hydrogen-bond donors (Lipinski definition) is 0. The Morgan fingerprint density at radius 2 is 0.984 bits per heavy atom. The molecule has 0 spiro atoms. The predicted octanol–water partition coefficient (Wildman–Crippen LogP) is 15.1. The van der Waals surface area contributed by atoms with Crippen molar-refractivity contribution in [2.75, 3.05) is 0 Å². The molecule has 0 aliphatic rings. The SMILES string of the molecule is c1ccc(-c2cc(-c3ccccc3)nc(-n3c4ccccc4c4ccc(-c5cccc(-c6ccc7c(c6)c6ccccc6n7-c6ccc7sc8ccncc8c7c6)n5)cc43)c2)cc1. The molecule has 6 aromatic heterocycles. The largest absolute Gasteiger partial charge is 0.309 e. The molecule has 0 radical (unpaired) electrons. The summed E-state index contributed by atoms with van der Waals surface area (Å²) in [4.78, 5) is 15.2. The normalized spacial score (nSPS) is 11.8. The maximum atomic E-state index is 5.36. The van der Waals surface area contributed by atoms with Gasteiger partial charge in [0.2, 0.25) is 0 Å². The Labute approximate surface area is 366 Å². The van der Waals surface area contributed by atoms with Gasteiger partial charge >= 0.3 is 0 Å². The Morgan fingerprint density at radius 1 is 0.333 bits per heavy atom. The van der Waals surface area contributed by atoms with E-state index in [0.717, 1.165) is 73.0 Å². The van der Waals surface area contributed by atoms with Gasteiger partial charge in [0.1, 0.15) is 5.82 Å². The monoisotopic (exact) mass is 821 g/mol. The number of aromatic nitrogens is 5. The molecule has 0 amide bonds. The smallest absolute Gasteiger partial charge is 0.138 e. The lowest BCUT2D eigenvalue weighted by atomic mass is 10.0. The van der Waals surface area contributed by atoms with Crippen molar-refractivity contribution >= 4 is 75.1 Å². The maximum Gasteiger partial charge on any atom is 0.138 e. The summed E-state index contributed by atoms with van der Waals surface area (Å²) in [5, 5.41) is 7.18. The molecule has 6 heterocycles. The minimum atomic E-state index is 0.869. The second kappa shape index (κ2) is 14.2. The third-order valence-electron chi connectivity index (χ3n) is 12.4. The van der Waals surface area contributed by atoms with Gasteiger partial charge in [0.05, 0.1) is 39.1 Å². The number of fused-ring (bicyclic) bond motifs is 9. The van der Waals surface area contributed by atoms with Crippen LogP contribution in [0.1, 0.15) is 0 Å². The number of rotatable bonds is 6. The average molecular weight is 822 g/mol. The molecule has 7 aromatic carbocycles. The first-order valence-corrected chi connectivity index (χ1v) is 22.0. The molecule has 0 aliphatic carbocycles. The average Bonchev–Trinajstić information content (AvgIpc) is 4.01. The molecule has 0 N–H and O–H groups in total. The van der Waals surface area contributed by atoms with E-state index in [2.05, 4.69) is 208 Å². The molecule has 0 saturated carbocycles. The topological polar surface area (TPSA) is 48.5 Å². The van der Waals surface area contributed by atoms with Crippen LogP contribution in [0.4, 0.5) is 0 Å². The summed E-state index contributed by atoms with van der Waals surface area (Å²) in [6.45, 7) is 0. The Bertz CT molecular complexity index is 3860. The third kappa shape index (κ3) is 5.80. The number of para-hydroxylation sites is 2. The van der Waals surface area contributed by atoms with Crippen LogP contribution in [0.5, 0.6) is 0 Å². The van der Waals surface area contributed by atoms with Crippen LogP contribution in [0, 0.1) is 0 Å². The van der Waals surface area contributed by atoms with Gasteiger partial charge in [-0.2, -0.15) is 0 Å². The second-order valence-corrected chi connectivity index (χ2v) is 17.1. The zero-order valence-corrected chi connectivity index (χ0v) is 34.7. The first-order chi connectivity index (χ1) is 31.2. The molecule has 13 aromatic rings. The lowest BCUT2D eigenvalue weighted by molar-refractivity contribution is 1.08. The fourth-order valence-electron chi connectivity index (χ4n) is 9.48. The van der Waals surface area contributed by atoms with Gasteiger partial charge in [0, 0.05) is 76.5 Å². The highest BCUT2D eigenvalue weighted by molar-refractivity contribution is 7.25. The van der Waals surface area contributed by atoms with E-state index in [0.29, 0.717) is 0 Å². The predicted molar refractivity (Wildman–Crippen MR) is 263 cm³/mol. The van der Waals surface area contributed by atoms with Crippen molar-refractivity contribution in [3.8, 4) is 56.4 Å². The van der Waals surface area contributed by atoms with E-state index in [1.807, 2.05) is 29.8 Å². The van der Waals surface area contributed by atoms with Crippen molar-refractivity contribution in [3.05, 3.63) is 213 Å². The summed E-state index contributed by atoms with van der Waals surface area (Å²) in [6, 6.07) is 71.5. The van der Waals surface area contributed by atoms with Gasteiger partial charge in [0.25, 0.3) is 0 Å². The maximum absolute atomic E-state index is 5.36. The van der Waals surface area contributed by atoms with Crippen molar-refractivity contribution < 1.29 is 0 Å². The highest BCUT2D eigenvalue weighted by Crippen LogP contribution is 2.40. The zero-order valence-electron chi connectivity index (χ0n) is 33.9. The second-order valence-electron chi connectivity index (χ2n) is 16.1. The van der Waals surface area contributed by atoms with E-state index in [1.165, 1.54) is 47.2 Å². The molecule has 0 atom stereocenters. The molecule has 5 nitrogen and oxygen atoms in total.